The molecule has 1 N–H and O–H groups in total. The molecule has 26 heavy (non-hydrogen) atoms. The summed E-state index contributed by atoms with van der Waals surface area (Å²) in [6.45, 7) is 4.07. The van der Waals surface area contributed by atoms with Crippen LogP contribution in [-0.4, -0.2) is 39.6 Å². The smallest absolute Gasteiger partial charge is 0.274 e. The van der Waals surface area contributed by atoms with Gasteiger partial charge in [0.1, 0.15) is 18.1 Å². The molecular formula is C19H22N4O3. The molecule has 1 fully saturated rings. The van der Waals surface area contributed by atoms with Crippen molar-refractivity contribution in [2.75, 3.05) is 18.5 Å². The molecule has 7 nitrogen and oxygen atoms in total. The Morgan fingerprint density at radius 2 is 2.15 bits per heavy atom. The van der Waals surface area contributed by atoms with E-state index in [1.54, 1.807) is 21.8 Å². The van der Waals surface area contributed by atoms with Gasteiger partial charge in [0.05, 0.1) is 6.54 Å². The maximum Gasteiger partial charge on any atom is 0.274 e. The van der Waals surface area contributed by atoms with Gasteiger partial charge in [-0.05, 0) is 44.0 Å². The molecule has 2 aromatic rings. The van der Waals surface area contributed by atoms with Gasteiger partial charge in [-0.15, -0.1) is 0 Å². The zero-order chi connectivity index (χ0) is 18.1. The van der Waals surface area contributed by atoms with E-state index >= 15 is 0 Å². The predicted octanol–water partition coefficient (Wildman–Crippen LogP) is 2.29. The van der Waals surface area contributed by atoms with Gasteiger partial charge in [0.2, 0.25) is 5.91 Å². The van der Waals surface area contributed by atoms with Gasteiger partial charge in [-0.25, -0.2) is 0 Å². The average Bonchev–Trinajstić information content (AvgIpc) is 3.42. The Balaban J connectivity index is 1.52. The van der Waals surface area contributed by atoms with Crippen LogP contribution < -0.4 is 10.1 Å². The van der Waals surface area contributed by atoms with Crippen molar-refractivity contribution in [2.24, 2.45) is 5.92 Å². The lowest BCUT2D eigenvalue weighted by atomic mass is 10.1. The van der Waals surface area contributed by atoms with Crippen molar-refractivity contribution >= 4 is 17.5 Å². The van der Waals surface area contributed by atoms with Crippen molar-refractivity contribution in [1.29, 1.82) is 0 Å². The fourth-order valence-electron chi connectivity index (χ4n) is 3.05. The summed E-state index contributed by atoms with van der Waals surface area (Å²) in [5.41, 5.74) is 2.07. The number of fused-ring (bicyclic) bond motifs is 1. The quantitative estimate of drug-likeness (QED) is 0.914. The van der Waals surface area contributed by atoms with Crippen LogP contribution in [0.15, 0.2) is 30.5 Å². The van der Waals surface area contributed by atoms with Crippen LogP contribution in [-0.2, 0) is 17.9 Å². The Bertz CT molecular complexity index is 841. The molecule has 1 aromatic carbocycles. The molecule has 1 aromatic heterocycles. The summed E-state index contributed by atoms with van der Waals surface area (Å²) in [6.07, 6.45) is 3.74. The molecular weight excluding hydrogens is 332 g/mol. The highest BCUT2D eigenvalue weighted by atomic mass is 16.5. The van der Waals surface area contributed by atoms with Crippen LogP contribution in [0.5, 0.6) is 5.75 Å². The lowest BCUT2D eigenvalue weighted by molar-refractivity contribution is -0.117. The molecule has 2 amide bonds. The van der Waals surface area contributed by atoms with E-state index in [1.807, 2.05) is 25.1 Å². The van der Waals surface area contributed by atoms with Gasteiger partial charge in [0.25, 0.3) is 5.91 Å². The van der Waals surface area contributed by atoms with Crippen molar-refractivity contribution in [1.82, 2.24) is 14.7 Å². The summed E-state index contributed by atoms with van der Waals surface area (Å²) in [6, 6.07) is 7.34. The minimum atomic E-state index is -0.110. The molecule has 0 radical (unpaired) electrons. The van der Waals surface area contributed by atoms with E-state index < -0.39 is 0 Å². The van der Waals surface area contributed by atoms with Crippen molar-refractivity contribution in [3.63, 3.8) is 0 Å². The van der Waals surface area contributed by atoms with Gasteiger partial charge in [0.15, 0.2) is 0 Å². The summed E-state index contributed by atoms with van der Waals surface area (Å²) in [7, 11) is 0. The van der Waals surface area contributed by atoms with E-state index in [-0.39, 0.29) is 17.7 Å². The summed E-state index contributed by atoms with van der Waals surface area (Å²) in [4.78, 5) is 26.5. The number of anilines is 1. The van der Waals surface area contributed by atoms with Crippen molar-refractivity contribution in [3.8, 4) is 5.75 Å². The highest BCUT2D eigenvalue weighted by Crippen LogP contribution is 2.31. The van der Waals surface area contributed by atoms with Gasteiger partial charge < -0.3 is 15.0 Å². The third kappa shape index (κ3) is 3.42. The molecule has 2 aliphatic rings. The molecule has 1 aliphatic heterocycles. The van der Waals surface area contributed by atoms with Crippen molar-refractivity contribution < 1.29 is 14.3 Å². The van der Waals surface area contributed by atoms with Crippen molar-refractivity contribution in [2.45, 2.75) is 32.9 Å². The number of ether oxygens (including phenoxy) is 1. The maximum atomic E-state index is 12.8. The monoisotopic (exact) mass is 354 g/mol. The summed E-state index contributed by atoms with van der Waals surface area (Å²) >= 11 is 0. The third-order valence-electron chi connectivity index (χ3n) is 4.73. The van der Waals surface area contributed by atoms with Gasteiger partial charge in [-0.3, -0.25) is 14.3 Å². The number of carbonyl (C=O) groups is 2. The zero-order valence-corrected chi connectivity index (χ0v) is 14.8. The number of nitrogens with zero attached hydrogens (tertiary/aromatic N) is 3. The van der Waals surface area contributed by atoms with E-state index in [2.05, 4.69) is 10.4 Å². The van der Waals surface area contributed by atoms with Gasteiger partial charge in [0, 0.05) is 36.5 Å². The molecule has 2 heterocycles. The van der Waals surface area contributed by atoms with Gasteiger partial charge in [-0.1, -0.05) is 0 Å². The zero-order valence-electron chi connectivity index (χ0n) is 14.8. The second-order valence-corrected chi connectivity index (χ2v) is 6.72. The Morgan fingerprint density at radius 1 is 1.31 bits per heavy atom. The first kappa shape index (κ1) is 16.6. The largest absolute Gasteiger partial charge is 0.491 e. The van der Waals surface area contributed by atoms with E-state index in [0.29, 0.717) is 25.4 Å². The Morgan fingerprint density at radius 3 is 2.88 bits per heavy atom. The topological polar surface area (TPSA) is 76.5 Å². The van der Waals surface area contributed by atoms with E-state index in [9.17, 15) is 9.59 Å². The highest BCUT2D eigenvalue weighted by molar-refractivity contribution is 5.94. The second-order valence-electron chi connectivity index (χ2n) is 6.72. The number of hydrogen-bond acceptors (Lipinski definition) is 4. The van der Waals surface area contributed by atoms with Gasteiger partial charge in [-0.2, -0.15) is 5.10 Å². The summed E-state index contributed by atoms with van der Waals surface area (Å²) in [5, 5.41) is 7.25. The van der Waals surface area contributed by atoms with Gasteiger partial charge >= 0.3 is 0 Å². The number of aromatic nitrogens is 2. The third-order valence-corrected chi connectivity index (χ3v) is 4.73. The fraction of sp³-hybridized carbons (Fsp3) is 0.421. The van der Waals surface area contributed by atoms with Crippen LogP contribution in [0.25, 0.3) is 0 Å². The molecule has 0 saturated heterocycles. The van der Waals surface area contributed by atoms with Crippen LogP contribution in [0.4, 0.5) is 5.69 Å². The molecule has 0 atom stereocenters. The highest BCUT2D eigenvalue weighted by Gasteiger charge is 2.30. The van der Waals surface area contributed by atoms with Crippen LogP contribution in [0.1, 0.15) is 35.8 Å². The van der Waals surface area contributed by atoms with Crippen LogP contribution in [0.2, 0.25) is 0 Å². The Kier molecular flexibility index (Phi) is 4.36. The molecule has 4 rings (SSSR count). The first-order valence-corrected chi connectivity index (χ1v) is 9.03. The number of nitrogens with one attached hydrogen (secondary N) is 1. The summed E-state index contributed by atoms with van der Waals surface area (Å²) in [5.74, 6) is 0.860. The van der Waals surface area contributed by atoms with Crippen molar-refractivity contribution in [3.05, 3.63) is 41.7 Å². The first-order chi connectivity index (χ1) is 12.6. The lowest BCUT2D eigenvalue weighted by Gasteiger charge is -2.18. The SMILES string of the molecule is CCn1ccc(C(=O)N2CCOc3ccc(NC(=O)C4CC4)cc3C2)n1. The molecule has 1 saturated carbocycles. The lowest BCUT2D eigenvalue weighted by Crippen LogP contribution is -2.32. The molecule has 0 bridgehead atoms. The minimum absolute atomic E-state index is 0.0672. The number of rotatable bonds is 4. The molecule has 0 unspecified atom stereocenters. The number of benzene rings is 1. The number of aryl methyl sites for hydroxylation is 1. The first-order valence-electron chi connectivity index (χ1n) is 9.03. The average molecular weight is 354 g/mol. The predicted molar refractivity (Wildman–Crippen MR) is 95.9 cm³/mol. The molecule has 1 aliphatic carbocycles. The second kappa shape index (κ2) is 6.82. The van der Waals surface area contributed by atoms with E-state index in [1.165, 1.54) is 0 Å². The van der Waals surface area contributed by atoms with Crippen LogP contribution >= 0.6 is 0 Å². The van der Waals surface area contributed by atoms with E-state index in [4.69, 9.17) is 4.74 Å². The number of carbonyl (C=O) groups excluding carboxylic acids is 2. The fourth-order valence-corrected chi connectivity index (χ4v) is 3.05. The maximum absolute atomic E-state index is 12.8. The standard InChI is InChI=1S/C19H22N4O3/c1-2-23-8-7-16(21-23)19(25)22-9-10-26-17-6-5-15(11-14(17)12-22)20-18(24)13-3-4-13/h5-8,11,13H,2-4,9-10,12H2,1H3,(H,20,24). The molecule has 0 spiro atoms. The Labute approximate surface area is 151 Å². The van der Waals surface area contributed by atoms with Crippen LogP contribution in [0, 0.1) is 5.92 Å². The summed E-state index contributed by atoms with van der Waals surface area (Å²) < 4.78 is 7.52. The molecule has 7 heteroatoms. The molecule has 136 valence electrons. The minimum Gasteiger partial charge on any atom is -0.491 e. The Hall–Kier alpha value is -2.83. The van der Waals surface area contributed by atoms with Crippen LogP contribution in [0.3, 0.4) is 0 Å². The number of hydrogen-bond donors (Lipinski definition) is 1. The number of amides is 2. The normalized spacial score (nSPS) is 16.4. The van der Waals surface area contributed by atoms with E-state index in [0.717, 1.165) is 36.4 Å².